The number of thiophene rings is 1. The number of esters is 1. The number of carbonyl (C=O) groups is 2. The van der Waals surface area contributed by atoms with Crippen LogP contribution in [0.3, 0.4) is 0 Å². The summed E-state index contributed by atoms with van der Waals surface area (Å²) in [5, 5.41) is 17.8. The van der Waals surface area contributed by atoms with Crippen molar-refractivity contribution in [1.82, 2.24) is 9.78 Å². The molecule has 28 heavy (non-hydrogen) atoms. The van der Waals surface area contributed by atoms with Crippen LogP contribution in [-0.2, 0) is 28.9 Å². The Morgan fingerprint density at radius 1 is 1.39 bits per heavy atom. The Morgan fingerprint density at radius 2 is 2.14 bits per heavy atom. The van der Waals surface area contributed by atoms with Crippen LogP contribution in [-0.4, -0.2) is 32.7 Å². The minimum Gasteiger partial charge on any atom is -0.459 e. The van der Waals surface area contributed by atoms with E-state index in [1.807, 2.05) is 0 Å². The molecule has 1 N–H and O–H groups in total. The van der Waals surface area contributed by atoms with Gasteiger partial charge in [0.25, 0.3) is 0 Å². The van der Waals surface area contributed by atoms with E-state index in [1.165, 1.54) is 28.3 Å². The molecule has 2 aromatic heterocycles. The molecule has 1 aliphatic carbocycles. The molecule has 0 saturated heterocycles. The molecule has 0 atom stereocenters. The van der Waals surface area contributed by atoms with Crippen LogP contribution >= 0.6 is 11.3 Å². The largest absolute Gasteiger partial charge is 0.459 e. The first-order valence-electron chi connectivity index (χ1n) is 9.18. The van der Waals surface area contributed by atoms with Crippen LogP contribution in [0.25, 0.3) is 0 Å². The number of anilines is 1. The first-order valence-corrected chi connectivity index (χ1v) is 10.00. The van der Waals surface area contributed by atoms with E-state index in [4.69, 9.17) is 4.74 Å². The second-order valence-electron chi connectivity index (χ2n) is 6.86. The zero-order valence-electron chi connectivity index (χ0n) is 15.8. The lowest BCUT2D eigenvalue weighted by atomic mass is 9.95. The highest BCUT2D eigenvalue weighted by atomic mass is 32.1. The zero-order valence-corrected chi connectivity index (χ0v) is 16.6. The molecule has 9 nitrogen and oxygen atoms in total. The molecule has 3 rings (SSSR count). The van der Waals surface area contributed by atoms with E-state index in [0.29, 0.717) is 10.6 Å². The smallest absolute Gasteiger partial charge is 0.389 e. The Kier molecular flexibility index (Phi) is 6.08. The van der Waals surface area contributed by atoms with Crippen molar-refractivity contribution in [2.24, 2.45) is 0 Å². The summed E-state index contributed by atoms with van der Waals surface area (Å²) in [7, 11) is 0. The third-order valence-electron chi connectivity index (χ3n) is 4.35. The van der Waals surface area contributed by atoms with Gasteiger partial charge in [-0.2, -0.15) is 4.68 Å². The number of carbonyl (C=O) groups excluding carboxylic acids is 2. The van der Waals surface area contributed by atoms with Crippen LogP contribution in [0.1, 0.15) is 53.9 Å². The highest BCUT2D eigenvalue weighted by Crippen LogP contribution is 2.38. The van der Waals surface area contributed by atoms with Gasteiger partial charge in [0.15, 0.2) is 0 Å². The average molecular weight is 406 g/mol. The molecule has 0 bridgehead atoms. The number of nitro groups is 1. The minimum atomic E-state index is -0.584. The van der Waals surface area contributed by atoms with Gasteiger partial charge in [-0.25, -0.2) is 4.79 Å². The molecule has 10 heteroatoms. The fourth-order valence-corrected chi connectivity index (χ4v) is 4.41. The third-order valence-corrected chi connectivity index (χ3v) is 5.56. The maximum atomic E-state index is 12.6. The quantitative estimate of drug-likeness (QED) is 0.428. The topological polar surface area (TPSA) is 116 Å². The standard InChI is InChI=1S/C18H22N4O5S/c1-11(2)27-18(24)16-12-5-3-4-6-13(12)28-17(16)19-15(23)8-10-21-9-7-14(20-21)22(25)26/h7,9,11H,3-6,8,10H2,1-2H3,(H,19,23). The molecule has 2 aromatic rings. The van der Waals surface area contributed by atoms with E-state index >= 15 is 0 Å². The lowest BCUT2D eigenvalue weighted by Gasteiger charge is -2.14. The van der Waals surface area contributed by atoms with Crippen LogP contribution in [0.4, 0.5) is 10.8 Å². The number of rotatable bonds is 7. The summed E-state index contributed by atoms with van der Waals surface area (Å²) in [6.45, 7) is 3.78. The predicted octanol–water partition coefficient (Wildman–Crippen LogP) is 3.33. The molecule has 0 aromatic carbocycles. The molecule has 0 unspecified atom stereocenters. The molecule has 150 valence electrons. The maximum absolute atomic E-state index is 12.6. The fourth-order valence-electron chi connectivity index (χ4n) is 3.12. The van der Waals surface area contributed by atoms with Crippen molar-refractivity contribution in [1.29, 1.82) is 0 Å². The fraction of sp³-hybridized carbons (Fsp3) is 0.500. The average Bonchev–Trinajstić information content (AvgIpc) is 3.23. The number of aromatic nitrogens is 2. The Bertz CT molecular complexity index is 902. The summed E-state index contributed by atoms with van der Waals surface area (Å²) in [6, 6.07) is 1.28. The van der Waals surface area contributed by atoms with Gasteiger partial charge in [-0.3, -0.25) is 4.79 Å². The number of hydrogen-bond acceptors (Lipinski definition) is 7. The minimum absolute atomic E-state index is 0.0834. The third kappa shape index (κ3) is 4.56. The van der Waals surface area contributed by atoms with Crippen LogP contribution in [0.5, 0.6) is 0 Å². The molecule has 0 saturated carbocycles. The maximum Gasteiger partial charge on any atom is 0.389 e. The molecule has 0 fully saturated rings. The summed E-state index contributed by atoms with van der Waals surface area (Å²) in [6.07, 6.45) is 5.08. The second kappa shape index (κ2) is 8.51. The molecule has 1 aliphatic rings. The second-order valence-corrected chi connectivity index (χ2v) is 7.97. The summed E-state index contributed by atoms with van der Waals surface area (Å²) in [5.41, 5.74) is 1.45. The van der Waals surface area contributed by atoms with E-state index in [1.54, 1.807) is 13.8 Å². The van der Waals surface area contributed by atoms with Crippen LogP contribution < -0.4 is 5.32 Å². The van der Waals surface area contributed by atoms with Gasteiger partial charge in [0.2, 0.25) is 5.91 Å². The Balaban J connectivity index is 1.71. The number of nitrogens with zero attached hydrogens (tertiary/aromatic N) is 3. The molecule has 0 radical (unpaired) electrons. The Hall–Kier alpha value is -2.75. The van der Waals surface area contributed by atoms with Gasteiger partial charge in [0, 0.05) is 11.3 Å². The van der Waals surface area contributed by atoms with E-state index < -0.39 is 10.9 Å². The van der Waals surface area contributed by atoms with E-state index in [2.05, 4.69) is 10.4 Å². The van der Waals surface area contributed by atoms with Crippen molar-refractivity contribution in [2.45, 2.75) is 58.6 Å². The molecule has 0 spiro atoms. The van der Waals surface area contributed by atoms with Crippen molar-refractivity contribution >= 4 is 34.0 Å². The Morgan fingerprint density at radius 3 is 2.82 bits per heavy atom. The molecule has 2 heterocycles. The van der Waals surface area contributed by atoms with E-state index in [-0.39, 0.29) is 30.8 Å². The monoisotopic (exact) mass is 406 g/mol. The number of aryl methyl sites for hydroxylation is 2. The first kappa shape index (κ1) is 20.0. The number of ether oxygens (including phenoxy) is 1. The van der Waals surface area contributed by atoms with Crippen molar-refractivity contribution in [3.8, 4) is 0 Å². The van der Waals surface area contributed by atoms with Crippen molar-refractivity contribution in [3.05, 3.63) is 38.4 Å². The molecule has 0 aliphatic heterocycles. The summed E-state index contributed by atoms with van der Waals surface area (Å²) in [4.78, 5) is 36.2. The number of nitrogens with one attached hydrogen (secondary N) is 1. The number of amides is 1. The van der Waals surface area contributed by atoms with Gasteiger partial charge < -0.3 is 20.2 Å². The summed E-state index contributed by atoms with van der Waals surface area (Å²) in [5.74, 6) is -0.951. The zero-order chi connectivity index (χ0) is 20.3. The van der Waals surface area contributed by atoms with Gasteiger partial charge >= 0.3 is 11.8 Å². The normalized spacial score (nSPS) is 13.2. The summed E-state index contributed by atoms with van der Waals surface area (Å²) >= 11 is 1.43. The van der Waals surface area contributed by atoms with Crippen molar-refractivity contribution in [2.75, 3.05) is 5.32 Å². The first-order chi connectivity index (χ1) is 13.3. The molecular weight excluding hydrogens is 384 g/mol. The SMILES string of the molecule is CC(C)OC(=O)c1c(NC(=O)CCn2ccc([N+](=O)[O-])n2)sc2c1CCCC2. The molecule has 1 amide bonds. The molecular formula is C18H22N4O5S. The highest BCUT2D eigenvalue weighted by molar-refractivity contribution is 7.17. The van der Waals surface area contributed by atoms with Gasteiger partial charge in [-0.15, -0.1) is 11.3 Å². The van der Waals surface area contributed by atoms with Crippen LogP contribution in [0, 0.1) is 10.1 Å². The lowest BCUT2D eigenvalue weighted by molar-refractivity contribution is -0.389. The highest BCUT2D eigenvalue weighted by Gasteiger charge is 2.27. The predicted molar refractivity (Wildman–Crippen MR) is 104 cm³/mol. The van der Waals surface area contributed by atoms with E-state index in [0.717, 1.165) is 36.1 Å². The van der Waals surface area contributed by atoms with Crippen LogP contribution in [0.15, 0.2) is 12.3 Å². The van der Waals surface area contributed by atoms with Crippen molar-refractivity contribution in [3.63, 3.8) is 0 Å². The van der Waals surface area contributed by atoms with Gasteiger partial charge in [0.05, 0.1) is 35.6 Å². The lowest BCUT2D eigenvalue weighted by Crippen LogP contribution is -2.18. The summed E-state index contributed by atoms with van der Waals surface area (Å²) < 4.78 is 6.73. The van der Waals surface area contributed by atoms with Gasteiger partial charge in [0.1, 0.15) is 5.00 Å². The Labute approximate surface area is 165 Å². The number of hydrogen-bond donors (Lipinski definition) is 1. The van der Waals surface area contributed by atoms with Crippen molar-refractivity contribution < 1.29 is 19.2 Å². The number of fused-ring (bicyclic) bond motifs is 1. The van der Waals surface area contributed by atoms with Gasteiger partial charge in [-0.05, 0) is 50.0 Å². The van der Waals surface area contributed by atoms with Crippen LogP contribution in [0.2, 0.25) is 0 Å². The van der Waals surface area contributed by atoms with Gasteiger partial charge in [-0.1, -0.05) is 0 Å². The van der Waals surface area contributed by atoms with E-state index in [9.17, 15) is 19.7 Å².